The first-order valence-electron chi connectivity index (χ1n) is 5.08. The minimum Gasteiger partial charge on any atom is -0.343 e. The molecule has 0 fully saturated rings. The van der Waals surface area contributed by atoms with Gasteiger partial charge in [0.05, 0.1) is 6.04 Å². The summed E-state index contributed by atoms with van der Waals surface area (Å²) in [6.45, 7) is 1.75. The van der Waals surface area contributed by atoms with E-state index in [2.05, 4.69) is 14.9 Å². The molecule has 19 heavy (non-hydrogen) atoms. The van der Waals surface area contributed by atoms with Gasteiger partial charge in [-0.15, -0.1) is 16.4 Å². The van der Waals surface area contributed by atoms with Crippen molar-refractivity contribution in [2.75, 3.05) is 0 Å². The quantitative estimate of drug-likeness (QED) is 0.862. The van der Waals surface area contributed by atoms with Crippen LogP contribution in [0.25, 0.3) is 0 Å². The number of thiophene rings is 1. The number of primary sulfonamides is 1. The lowest BCUT2D eigenvalue weighted by molar-refractivity contribution is 0.0935. The summed E-state index contributed by atoms with van der Waals surface area (Å²) in [4.78, 5) is 12.4. The first-order valence-corrected chi connectivity index (χ1v) is 8.28. The van der Waals surface area contributed by atoms with Crippen molar-refractivity contribution in [3.8, 4) is 0 Å². The van der Waals surface area contributed by atoms with E-state index in [0.29, 0.717) is 4.88 Å². The topological polar surface area (TPSA) is 115 Å². The van der Waals surface area contributed by atoms with Gasteiger partial charge in [0.2, 0.25) is 10.0 Å². The van der Waals surface area contributed by atoms with Crippen molar-refractivity contribution < 1.29 is 13.2 Å². The summed E-state index contributed by atoms with van der Waals surface area (Å²) in [6, 6.07) is 2.70. The summed E-state index contributed by atoms with van der Waals surface area (Å²) in [6.07, 6.45) is 0. The molecule has 2 aromatic rings. The third-order valence-corrected chi connectivity index (χ3v) is 5.46. The molecule has 7 nitrogen and oxygen atoms in total. The van der Waals surface area contributed by atoms with Crippen molar-refractivity contribution in [3.63, 3.8) is 0 Å². The molecule has 0 saturated heterocycles. The molecule has 0 aliphatic heterocycles. The van der Waals surface area contributed by atoms with Crippen LogP contribution in [0.2, 0.25) is 0 Å². The van der Waals surface area contributed by atoms with Crippen LogP contribution in [0.3, 0.4) is 0 Å². The van der Waals surface area contributed by atoms with E-state index in [1.54, 1.807) is 13.0 Å². The van der Waals surface area contributed by atoms with Gasteiger partial charge in [-0.05, 0) is 30.6 Å². The molecule has 0 bridgehead atoms. The Balaban J connectivity index is 2.10. The monoisotopic (exact) mass is 318 g/mol. The Hall–Kier alpha value is -1.36. The maximum atomic E-state index is 11.7. The number of rotatable bonds is 4. The molecule has 0 spiro atoms. The fourth-order valence-corrected chi connectivity index (χ4v) is 3.51. The summed E-state index contributed by atoms with van der Waals surface area (Å²) < 4.78 is 26.0. The third kappa shape index (κ3) is 3.35. The first-order chi connectivity index (χ1) is 8.88. The van der Waals surface area contributed by atoms with Gasteiger partial charge in [-0.25, -0.2) is 13.6 Å². The summed E-state index contributed by atoms with van der Waals surface area (Å²) in [5, 5.41) is 12.9. The van der Waals surface area contributed by atoms with Crippen molar-refractivity contribution >= 4 is 38.8 Å². The van der Waals surface area contributed by atoms with Gasteiger partial charge in [-0.3, -0.25) is 4.79 Å². The molecule has 0 radical (unpaired) electrons. The Bertz CT molecular complexity index is 677. The second-order valence-corrected chi connectivity index (χ2v) is 7.20. The lowest BCUT2D eigenvalue weighted by atomic mass is 10.2. The first kappa shape index (κ1) is 14.1. The molecule has 0 aliphatic rings. The van der Waals surface area contributed by atoms with E-state index < -0.39 is 10.0 Å². The smallest absolute Gasteiger partial charge is 0.273 e. The fraction of sp³-hybridized carbons (Fsp3) is 0.222. The molecule has 2 rings (SSSR count). The number of nitrogens with zero attached hydrogens (tertiary/aromatic N) is 2. The number of nitrogens with one attached hydrogen (secondary N) is 1. The molecule has 10 heteroatoms. The molecule has 0 saturated carbocycles. The Labute approximate surface area is 117 Å². The van der Waals surface area contributed by atoms with E-state index in [-0.39, 0.29) is 21.9 Å². The van der Waals surface area contributed by atoms with Crippen LogP contribution in [0, 0.1) is 0 Å². The van der Waals surface area contributed by atoms with Crippen LogP contribution in [0.15, 0.2) is 21.7 Å². The maximum absolute atomic E-state index is 11.7. The van der Waals surface area contributed by atoms with Crippen LogP contribution >= 0.6 is 22.9 Å². The number of hydrogen-bond donors (Lipinski definition) is 2. The van der Waals surface area contributed by atoms with Crippen molar-refractivity contribution in [1.29, 1.82) is 0 Å². The van der Waals surface area contributed by atoms with Gasteiger partial charge in [0.15, 0.2) is 5.69 Å². The van der Waals surface area contributed by atoms with Crippen LogP contribution in [-0.2, 0) is 10.0 Å². The highest BCUT2D eigenvalue weighted by Crippen LogP contribution is 2.25. The molecule has 0 aliphatic carbocycles. The Morgan fingerprint density at radius 1 is 1.47 bits per heavy atom. The highest BCUT2D eigenvalue weighted by molar-refractivity contribution is 7.91. The van der Waals surface area contributed by atoms with Crippen molar-refractivity contribution in [3.05, 3.63) is 28.1 Å². The number of carbonyl (C=O) groups is 1. The van der Waals surface area contributed by atoms with E-state index in [0.717, 1.165) is 22.9 Å². The van der Waals surface area contributed by atoms with E-state index >= 15 is 0 Å². The number of aromatic nitrogens is 2. The minimum atomic E-state index is -3.70. The number of sulfonamides is 1. The molecular formula is C9H10N4O3S3. The molecule has 2 aromatic heterocycles. The summed E-state index contributed by atoms with van der Waals surface area (Å²) >= 11 is 2.11. The Morgan fingerprint density at radius 2 is 2.21 bits per heavy atom. The van der Waals surface area contributed by atoms with Crippen LogP contribution in [0.1, 0.15) is 28.3 Å². The van der Waals surface area contributed by atoms with E-state index in [9.17, 15) is 13.2 Å². The predicted molar refractivity (Wildman–Crippen MR) is 71.5 cm³/mol. The predicted octanol–water partition coefficient (Wildman–Crippen LogP) is 0.738. The zero-order valence-corrected chi connectivity index (χ0v) is 12.2. The summed E-state index contributed by atoms with van der Waals surface area (Å²) in [5.41, 5.74) is 0.236. The van der Waals surface area contributed by atoms with Gasteiger partial charge < -0.3 is 5.32 Å². The molecule has 2 heterocycles. The lowest BCUT2D eigenvalue weighted by Crippen LogP contribution is -2.26. The van der Waals surface area contributed by atoms with Crippen LogP contribution in [0.5, 0.6) is 0 Å². The van der Waals surface area contributed by atoms with Crippen molar-refractivity contribution in [2.24, 2.45) is 5.14 Å². The van der Waals surface area contributed by atoms with Gasteiger partial charge in [0.1, 0.15) is 4.21 Å². The number of hydrogen-bond acceptors (Lipinski definition) is 7. The zero-order chi connectivity index (χ0) is 14.0. The minimum absolute atomic E-state index is 0.0684. The standard InChI is InChI=1S/C9H10N4O3S3/c1-5(11-9(14)6-4-17-13-12-6)7-2-3-8(18-7)19(10,15)16/h2-5H,1H3,(H,11,14)(H2,10,15,16). The highest BCUT2D eigenvalue weighted by atomic mass is 32.2. The molecule has 1 amide bonds. The number of nitrogens with two attached hydrogens (primary N) is 1. The molecule has 3 N–H and O–H groups in total. The van der Waals surface area contributed by atoms with Crippen molar-refractivity contribution in [1.82, 2.24) is 14.9 Å². The molecule has 1 unspecified atom stereocenters. The van der Waals surface area contributed by atoms with E-state index in [4.69, 9.17) is 5.14 Å². The Morgan fingerprint density at radius 3 is 2.74 bits per heavy atom. The summed E-state index contributed by atoms with van der Waals surface area (Å²) in [5.74, 6) is -0.355. The number of amides is 1. The van der Waals surface area contributed by atoms with Gasteiger partial charge in [-0.2, -0.15) is 0 Å². The average molecular weight is 318 g/mol. The fourth-order valence-electron chi connectivity index (χ4n) is 1.33. The van der Waals surface area contributed by atoms with Crippen LogP contribution < -0.4 is 10.5 Å². The van der Waals surface area contributed by atoms with Gasteiger partial charge in [-0.1, -0.05) is 4.49 Å². The molecular weight excluding hydrogens is 308 g/mol. The normalized spacial score (nSPS) is 13.2. The summed E-state index contributed by atoms with van der Waals surface area (Å²) in [7, 11) is -3.70. The van der Waals surface area contributed by atoms with Gasteiger partial charge in [0, 0.05) is 10.3 Å². The van der Waals surface area contributed by atoms with Gasteiger partial charge >= 0.3 is 0 Å². The van der Waals surface area contributed by atoms with Crippen LogP contribution in [-0.4, -0.2) is 23.9 Å². The third-order valence-electron chi connectivity index (χ3n) is 2.25. The number of carbonyl (C=O) groups excluding carboxylic acids is 1. The van der Waals surface area contributed by atoms with Crippen LogP contribution in [0.4, 0.5) is 0 Å². The second-order valence-electron chi connectivity index (χ2n) is 3.69. The second kappa shape index (κ2) is 5.33. The van der Waals surface area contributed by atoms with E-state index in [1.807, 2.05) is 0 Å². The highest BCUT2D eigenvalue weighted by Gasteiger charge is 2.17. The van der Waals surface area contributed by atoms with Gasteiger partial charge in [0.25, 0.3) is 5.91 Å². The largest absolute Gasteiger partial charge is 0.343 e. The van der Waals surface area contributed by atoms with Crippen molar-refractivity contribution in [2.45, 2.75) is 17.2 Å². The maximum Gasteiger partial charge on any atom is 0.273 e. The molecule has 102 valence electrons. The molecule has 0 aromatic carbocycles. The zero-order valence-electron chi connectivity index (χ0n) is 9.73. The SMILES string of the molecule is CC(NC(=O)c1csnn1)c1ccc(S(N)(=O)=O)s1. The lowest BCUT2D eigenvalue weighted by Gasteiger charge is -2.10. The average Bonchev–Trinajstić information content (AvgIpc) is 3.00. The molecule has 1 atom stereocenters. The Kier molecular flexibility index (Phi) is 3.94. The van der Waals surface area contributed by atoms with E-state index in [1.165, 1.54) is 11.4 Å².